The number of aromatic nitrogens is 2. The maximum atomic E-state index is 8.55. The molecule has 0 atom stereocenters. The topological polar surface area (TPSA) is 82.9 Å². The molecule has 3 N–H and O–H groups in total. The fourth-order valence-corrected chi connectivity index (χ4v) is 2.35. The molecule has 0 spiro atoms. The van der Waals surface area contributed by atoms with Crippen molar-refractivity contribution in [1.29, 1.82) is 0 Å². The van der Waals surface area contributed by atoms with Gasteiger partial charge in [-0.2, -0.15) is 5.10 Å². The van der Waals surface area contributed by atoms with Crippen molar-refractivity contribution in [2.45, 2.75) is 6.42 Å². The first-order chi connectivity index (χ1) is 9.19. The second-order valence-electron chi connectivity index (χ2n) is 4.91. The molecule has 1 aliphatic rings. The van der Waals surface area contributed by atoms with Crippen molar-refractivity contribution in [2.24, 2.45) is 17.9 Å². The van der Waals surface area contributed by atoms with Crippen molar-refractivity contribution in [3.05, 3.63) is 18.0 Å². The van der Waals surface area contributed by atoms with E-state index in [1.54, 1.807) is 0 Å². The largest absolute Gasteiger partial charge is 0.409 e. The molecule has 0 aliphatic carbocycles. The monoisotopic (exact) mass is 266 g/mol. The molecular formula is C12H22N6O. The predicted octanol–water partition coefficient (Wildman–Crippen LogP) is -0.673. The summed E-state index contributed by atoms with van der Waals surface area (Å²) in [6.45, 7) is 5.57. The van der Waals surface area contributed by atoms with Gasteiger partial charge in [-0.05, 0) is 6.07 Å². The van der Waals surface area contributed by atoms with Crippen LogP contribution in [0, 0.1) is 0 Å². The highest BCUT2D eigenvalue weighted by atomic mass is 16.4. The Morgan fingerprint density at radius 1 is 1.37 bits per heavy atom. The van der Waals surface area contributed by atoms with Crippen LogP contribution in [0.5, 0.6) is 0 Å². The van der Waals surface area contributed by atoms with E-state index in [1.165, 1.54) is 5.69 Å². The van der Waals surface area contributed by atoms with E-state index in [2.05, 4.69) is 26.1 Å². The number of hydrogen-bond donors (Lipinski definition) is 2. The molecule has 1 aliphatic heterocycles. The molecule has 7 heteroatoms. The highest BCUT2D eigenvalue weighted by Gasteiger charge is 2.17. The lowest BCUT2D eigenvalue weighted by atomic mass is 10.2. The fraction of sp³-hybridized carbons (Fsp3) is 0.667. The third kappa shape index (κ3) is 3.93. The zero-order valence-electron chi connectivity index (χ0n) is 11.4. The van der Waals surface area contributed by atoms with E-state index in [0.29, 0.717) is 6.54 Å². The summed E-state index contributed by atoms with van der Waals surface area (Å²) < 4.78 is 1.93. The standard InChI is InChI=1S/C12H22N6O/c1-16-11(2-4-14-16)3-5-17-6-8-18(9-7-17)10-12(13)15-19/h2,4,19H,3,5-10H2,1H3,(H2,13,15). The van der Waals surface area contributed by atoms with Crippen molar-refractivity contribution in [3.8, 4) is 0 Å². The molecule has 0 amide bonds. The minimum Gasteiger partial charge on any atom is -0.409 e. The number of nitrogens with two attached hydrogens (primary N) is 1. The van der Waals surface area contributed by atoms with Crippen LogP contribution in [0.2, 0.25) is 0 Å². The van der Waals surface area contributed by atoms with E-state index in [9.17, 15) is 0 Å². The van der Waals surface area contributed by atoms with Crippen molar-refractivity contribution < 1.29 is 5.21 Å². The number of nitrogens with zero attached hydrogens (tertiary/aromatic N) is 5. The molecule has 0 aromatic carbocycles. The van der Waals surface area contributed by atoms with Crippen LogP contribution in [0.25, 0.3) is 0 Å². The van der Waals surface area contributed by atoms with Gasteiger partial charge >= 0.3 is 0 Å². The van der Waals surface area contributed by atoms with Gasteiger partial charge in [0.15, 0.2) is 5.84 Å². The average Bonchev–Trinajstić information content (AvgIpc) is 2.83. The van der Waals surface area contributed by atoms with Crippen LogP contribution in [0.3, 0.4) is 0 Å². The molecule has 7 nitrogen and oxygen atoms in total. The highest BCUT2D eigenvalue weighted by molar-refractivity contribution is 5.81. The summed E-state index contributed by atoms with van der Waals surface area (Å²) in [4.78, 5) is 4.64. The third-order valence-corrected chi connectivity index (χ3v) is 3.59. The summed E-state index contributed by atoms with van der Waals surface area (Å²) in [5.41, 5.74) is 6.78. The summed E-state index contributed by atoms with van der Waals surface area (Å²) in [6, 6.07) is 2.06. The lowest BCUT2D eigenvalue weighted by molar-refractivity contribution is 0.145. The van der Waals surface area contributed by atoms with Crippen LogP contribution in [-0.4, -0.2) is 69.9 Å². The Kier molecular flexibility index (Phi) is 4.75. The van der Waals surface area contributed by atoms with E-state index in [0.717, 1.165) is 39.1 Å². The van der Waals surface area contributed by atoms with Crippen LogP contribution in [0.15, 0.2) is 17.4 Å². The van der Waals surface area contributed by atoms with Gasteiger partial charge in [-0.1, -0.05) is 5.16 Å². The van der Waals surface area contributed by atoms with E-state index in [-0.39, 0.29) is 5.84 Å². The molecule has 2 rings (SSSR count). The summed E-state index contributed by atoms with van der Waals surface area (Å²) in [7, 11) is 1.98. The molecule has 1 fully saturated rings. The smallest absolute Gasteiger partial charge is 0.153 e. The first-order valence-corrected chi connectivity index (χ1v) is 6.57. The quantitative estimate of drug-likeness (QED) is 0.319. The summed E-state index contributed by atoms with van der Waals surface area (Å²) in [6.07, 6.45) is 2.86. The third-order valence-electron chi connectivity index (χ3n) is 3.59. The first-order valence-electron chi connectivity index (χ1n) is 6.57. The second kappa shape index (κ2) is 6.53. The van der Waals surface area contributed by atoms with Gasteiger partial charge < -0.3 is 15.8 Å². The molecule has 0 unspecified atom stereocenters. The molecule has 1 aromatic rings. The molecule has 0 bridgehead atoms. The number of hydrogen-bond acceptors (Lipinski definition) is 5. The molecule has 0 radical (unpaired) electrons. The number of amidine groups is 1. The van der Waals surface area contributed by atoms with E-state index >= 15 is 0 Å². The maximum Gasteiger partial charge on any atom is 0.153 e. The zero-order chi connectivity index (χ0) is 13.7. The van der Waals surface area contributed by atoms with E-state index < -0.39 is 0 Å². The number of rotatable bonds is 5. The molecule has 1 saturated heterocycles. The molecular weight excluding hydrogens is 244 g/mol. The van der Waals surface area contributed by atoms with Crippen LogP contribution in [0.1, 0.15) is 5.69 Å². The van der Waals surface area contributed by atoms with Crippen LogP contribution >= 0.6 is 0 Å². The van der Waals surface area contributed by atoms with Crippen LogP contribution in [-0.2, 0) is 13.5 Å². The lowest BCUT2D eigenvalue weighted by Crippen LogP contribution is -2.49. The fourth-order valence-electron chi connectivity index (χ4n) is 2.35. The van der Waals surface area contributed by atoms with Crippen molar-refractivity contribution in [1.82, 2.24) is 19.6 Å². The first kappa shape index (κ1) is 13.8. The van der Waals surface area contributed by atoms with Gasteiger partial charge in [0, 0.05) is 58.1 Å². The summed E-state index contributed by atoms with van der Waals surface area (Å²) in [5.74, 6) is 0.281. The SMILES string of the molecule is Cn1nccc1CCN1CCN(C/C(N)=N/O)CC1. The minimum atomic E-state index is 0.281. The van der Waals surface area contributed by atoms with Gasteiger partial charge in [0.25, 0.3) is 0 Å². The Morgan fingerprint density at radius 2 is 2.05 bits per heavy atom. The van der Waals surface area contributed by atoms with Gasteiger partial charge in [0.05, 0.1) is 6.54 Å². The zero-order valence-corrected chi connectivity index (χ0v) is 11.4. The predicted molar refractivity (Wildman–Crippen MR) is 73.2 cm³/mol. The number of aryl methyl sites for hydroxylation is 1. The average molecular weight is 266 g/mol. The van der Waals surface area contributed by atoms with Gasteiger partial charge in [-0.15, -0.1) is 0 Å². The van der Waals surface area contributed by atoms with E-state index in [1.807, 2.05) is 17.9 Å². The number of oxime groups is 1. The highest BCUT2D eigenvalue weighted by Crippen LogP contribution is 2.04. The maximum absolute atomic E-state index is 8.55. The molecule has 106 valence electrons. The van der Waals surface area contributed by atoms with Crippen molar-refractivity contribution in [3.63, 3.8) is 0 Å². The summed E-state index contributed by atoms with van der Waals surface area (Å²) >= 11 is 0. The molecule has 2 heterocycles. The molecule has 0 saturated carbocycles. The Morgan fingerprint density at radius 3 is 2.63 bits per heavy atom. The van der Waals surface area contributed by atoms with Crippen molar-refractivity contribution in [2.75, 3.05) is 39.3 Å². The van der Waals surface area contributed by atoms with Crippen molar-refractivity contribution >= 4 is 5.84 Å². The Balaban J connectivity index is 1.70. The van der Waals surface area contributed by atoms with E-state index in [4.69, 9.17) is 10.9 Å². The minimum absolute atomic E-state index is 0.281. The second-order valence-corrected chi connectivity index (χ2v) is 4.91. The van der Waals surface area contributed by atoms with Gasteiger partial charge in [0.1, 0.15) is 0 Å². The lowest BCUT2D eigenvalue weighted by Gasteiger charge is -2.34. The molecule has 19 heavy (non-hydrogen) atoms. The normalized spacial score (nSPS) is 18.9. The van der Waals surface area contributed by atoms with Gasteiger partial charge in [-0.3, -0.25) is 9.58 Å². The van der Waals surface area contributed by atoms with Crippen LogP contribution < -0.4 is 5.73 Å². The van der Waals surface area contributed by atoms with Crippen LogP contribution in [0.4, 0.5) is 0 Å². The number of piperazine rings is 1. The molecule has 1 aromatic heterocycles. The Labute approximate surface area is 113 Å². The Bertz CT molecular complexity index is 422. The van der Waals surface area contributed by atoms with Gasteiger partial charge in [-0.25, -0.2) is 0 Å². The van der Waals surface area contributed by atoms with Gasteiger partial charge in [0.2, 0.25) is 0 Å². The Hall–Kier alpha value is -1.60. The summed E-state index contributed by atoms with van der Waals surface area (Å²) in [5, 5.41) is 15.7.